The van der Waals surface area contributed by atoms with Crippen LogP contribution in [0.15, 0.2) is 0 Å². The van der Waals surface area contributed by atoms with Crippen LogP contribution in [0.3, 0.4) is 0 Å². The molecule has 0 N–H and O–H groups in total. The van der Waals surface area contributed by atoms with Gasteiger partial charge in [-0.1, -0.05) is 13.8 Å². The molecule has 0 aromatic heterocycles. The zero-order valence-electron chi connectivity index (χ0n) is 22.5. The van der Waals surface area contributed by atoms with Gasteiger partial charge in [-0.15, -0.1) is 16.4 Å². The number of rotatable bonds is 3. The van der Waals surface area contributed by atoms with Crippen molar-refractivity contribution in [3.63, 3.8) is 0 Å². The fourth-order valence-electron chi connectivity index (χ4n) is 4.42. The average molecular weight is 726 g/mol. The Morgan fingerprint density at radius 3 is 0.659 bits per heavy atom. The minimum Gasteiger partial charge on any atom is -0.358 e. The molecule has 3 aromatic rings. The van der Waals surface area contributed by atoms with E-state index in [9.17, 15) is 65.9 Å². The SMILES string of the molecule is C[B-](c1c(F)c(F)c(F)c(F)c1F)(c1c(F)c(F)c(F)c(F)c1F)c1c(F)c(F)c(F)c(F)c1F.C[C]1[CH][CH][CH][C]1C.[CH3-].[Zr+3]. The van der Waals surface area contributed by atoms with Crippen LogP contribution >= 0.6 is 0 Å². The second-order valence-electron chi connectivity index (χ2n) is 9.14. The summed E-state index contributed by atoms with van der Waals surface area (Å²) >= 11 is 0. The summed E-state index contributed by atoms with van der Waals surface area (Å²) in [4.78, 5) is 0. The third-order valence-electron chi connectivity index (χ3n) is 6.78. The Hall–Kier alpha value is -2.44. The summed E-state index contributed by atoms with van der Waals surface area (Å²) in [6.07, 6.45) is 0.902. The van der Waals surface area contributed by atoms with E-state index >= 15 is 0 Å². The number of benzene rings is 3. The fraction of sp³-hybridized carbons (Fsp3) is 0.111. The van der Waals surface area contributed by atoms with Gasteiger partial charge in [0.1, 0.15) is 41.0 Å². The van der Waals surface area contributed by atoms with E-state index in [-0.39, 0.29) is 40.5 Å². The molecule has 1 fully saturated rings. The first-order chi connectivity index (χ1) is 19.3. The van der Waals surface area contributed by atoms with Crippen molar-refractivity contribution in [2.24, 2.45) is 0 Å². The Kier molecular flexibility index (Phi) is 12.9. The molecule has 0 aliphatic heterocycles. The first-order valence-electron chi connectivity index (χ1n) is 11.3. The zero-order valence-corrected chi connectivity index (χ0v) is 24.9. The summed E-state index contributed by atoms with van der Waals surface area (Å²) in [5, 5.41) is 0. The van der Waals surface area contributed by atoms with Gasteiger partial charge in [0, 0.05) is 0 Å². The van der Waals surface area contributed by atoms with Crippen LogP contribution in [0.5, 0.6) is 0 Å². The van der Waals surface area contributed by atoms with E-state index in [2.05, 4.69) is 33.1 Å². The molecule has 1 aliphatic rings. The molecule has 1 saturated carbocycles. The average Bonchev–Trinajstić information content (AvgIpc) is 3.32. The maximum absolute atomic E-state index is 14.6. The molecule has 0 saturated heterocycles. The van der Waals surface area contributed by atoms with Gasteiger partial charge in [-0.25, -0.2) is 65.9 Å². The Labute approximate surface area is 260 Å². The monoisotopic (exact) mass is 725 g/mol. The van der Waals surface area contributed by atoms with E-state index in [4.69, 9.17) is 0 Å². The van der Waals surface area contributed by atoms with E-state index in [1.807, 2.05) is 0 Å². The van der Waals surface area contributed by atoms with E-state index < -0.39 is 110 Å². The first kappa shape index (κ1) is 39.6. The maximum atomic E-state index is 14.6. The minimum atomic E-state index is -5.41. The predicted molar refractivity (Wildman–Crippen MR) is 126 cm³/mol. The van der Waals surface area contributed by atoms with Crippen molar-refractivity contribution >= 4 is 22.5 Å². The van der Waals surface area contributed by atoms with Gasteiger partial charge in [0.25, 0.3) is 0 Å². The smallest absolute Gasteiger partial charge is 0.358 e. The molecule has 0 nitrogen and oxygen atoms in total. The van der Waals surface area contributed by atoms with Crippen LogP contribution in [0.2, 0.25) is 6.82 Å². The van der Waals surface area contributed by atoms with Crippen molar-refractivity contribution in [3.05, 3.63) is 126 Å². The van der Waals surface area contributed by atoms with Gasteiger partial charge < -0.3 is 7.43 Å². The number of halogens is 15. The molecule has 0 atom stereocenters. The first-order valence-corrected chi connectivity index (χ1v) is 11.3. The van der Waals surface area contributed by atoms with Gasteiger partial charge in [-0.05, 0) is 31.1 Å². The molecular formula is C27H15BF15Zr+. The van der Waals surface area contributed by atoms with E-state index in [0.717, 1.165) is 0 Å². The summed E-state index contributed by atoms with van der Waals surface area (Å²) in [5.41, 5.74) is -7.89. The van der Waals surface area contributed by atoms with Crippen molar-refractivity contribution in [2.75, 3.05) is 0 Å². The maximum Gasteiger partial charge on any atom is 3.00 e. The Morgan fingerprint density at radius 1 is 0.364 bits per heavy atom. The normalized spacial score (nSPS) is 13.8. The van der Waals surface area contributed by atoms with Gasteiger partial charge in [0.2, 0.25) is 0 Å². The van der Waals surface area contributed by atoms with Crippen molar-refractivity contribution in [2.45, 2.75) is 20.7 Å². The van der Waals surface area contributed by atoms with E-state index in [1.165, 1.54) is 11.8 Å². The fourth-order valence-corrected chi connectivity index (χ4v) is 4.42. The number of hydrogen-bond donors (Lipinski definition) is 0. The largest absolute Gasteiger partial charge is 3.00 e. The van der Waals surface area contributed by atoms with Crippen LogP contribution < -0.4 is 16.4 Å². The van der Waals surface area contributed by atoms with Crippen LogP contribution in [-0.4, -0.2) is 6.15 Å². The standard InChI is InChI=1S/C19H3BF15.C7H9.CH3.Zr/c1-20(2-5(21)11(27)17(33)12(28)6(2)22,3-7(23)13(29)18(34)14(30)8(3)24)4-9(25)15(31)19(35)16(32)10(4)26;1-6-4-3-5-7(6)2;;/h1H3;3-5H,1-2H3;1H3;/q-1;;-1;+3. The molecule has 4 rings (SSSR count). The van der Waals surface area contributed by atoms with Gasteiger partial charge >= 0.3 is 26.2 Å². The Bertz CT molecular complexity index is 1310. The molecule has 0 spiro atoms. The topological polar surface area (TPSA) is 0 Å². The predicted octanol–water partition coefficient (Wildman–Crippen LogP) is 7.12. The molecule has 44 heavy (non-hydrogen) atoms. The molecule has 234 valence electrons. The molecule has 0 amide bonds. The molecule has 0 bridgehead atoms. The third kappa shape index (κ3) is 6.18. The molecular weight excluding hydrogens is 711 g/mol. The quantitative estimate of drug-likeness (QED) is 0.0888. The summed E-state index contributed by atoms with van der Waals surface area (Å²) in [5.74, 6) is -42.3. The second kappa shape index (κ2) is 14.3. The summed E-state index contributed by atoms with van der Waals surface area (Å²) in [7, 11) is 0. The van der Waals surface area contributed by atoms with Gasteiger partial charge in [0.05, 0.1) is 0 Å². The van der Waals surface area contributed by atoms with E-state index in [1.54, 1.807) is 0 Å². The van der Waals surface area contributed by atoms with Crippen LogP contribution in [0.25, 0.3) is 0 Å². The van der Waals surface area contributed by atoms with Gasteiger partial charge in [0.15, 0.2) is 52.4 Å². The summed E-state index contributed by atoms with van der Waals surface area (Å²) in [6, 6.07) is 0. The second-order valence-corrected chi connectivity index (χ2v) is 9.14. The van der Waals surface area contributed by atoms with Crippen molar-refractivity contribution < 1.29 is 92.1 Å². The van der Waals surface area contributed by atoms with Crippen LogP contribution in [0, 0.1) is 126 Å². The minimum absolute atomic E-state index is 0. The van der Waals surface area contributed by atoms with Crippen LogP contribution in [0.1, 0.15) is 13.8 Å². The van der Waals surface area contributed by atoms with Crippen LogP contribution in [0.4, 0.5) is 65.9 Å². The molecule has 17 heteroatoms. The van der Waals surface area contributed by atoms with Crippen LogP contribution in [-0.2, 0) is 26.2 Å². The van der Waals surface area contributed by atoms with Crippen molar-refractivity contribution in [1.29, 1.82) is 0 Å². The molecule has 0 unspecified atom stereocenters. The molecule has 3 aromatic carbocycles. The molecule has 0 heterocycles. The molecule has 1 aliphatic carbocycles. The van der Waals surface area contributed by atoms with E-state index in [0.29, 0.717) is 0 Å². The third-order valence-corrected chi connectivity index (χ3v) is 6.78. The van der Waals surface area contributed by atoms with Gasteiger partial charge in [-0.3, -0.25) is 0 Å². The molecule has 6 radical (unpaired) electrons. The van der Waals surface area contributed by atoms with Crippen molar-refractivity contribution in [3.8, 4) is 0 Å². The summed E-state index contributed by atoms with van der Waals surface area (Å²) < 4.78 is 212. The Morgan fingerprint density at radius 2 is 0.523 bits per heavy atom. The summed E-state index contributed by atoms with van der Waals surface area (Å²) in [6.45, 7) is 4.03. The Balaban J connectivity index is 0.000000946. The number of hydrogen-bond acceptors (Lipinski definition) is 0. The van der Waals surface area contributed by atoms with Gasteiger partial charge in [-0.2, -0.15) is 6.82 Å². The van der Waals surface area contributed by atoms with Crippen molar-refractivity contribution in [1.82, 2.24) is 0 Å². The zero-order chi connectivity index (χ0) is 32.2.